The van der Waals surface area contributed by atoms with Crippen molar-refractivity contribution in [2.75, 3.05) is 31.6 Å². The number of hydrogen-bond donors (Lipinski definition) is 3. The van der Waals surface area contributed by atoms with Crippen LogP contribution in [0.3, 0.4) is 0 Å². The van der Waals surface area contributed by atoms with E-state index < -0.39 is 17.8 Å². The van der Waals surface area contributed by atoms with E-state index in [0.717, 1.165) is 29.3 Å². The number of rotatable bonds is 10. The number of carbonyl (C=O) groups is 4. The number of piperidine rings is 1. The van der Waals surface area contributed by atoms with Gasteiger partial charge < -0.3 is 35.3 Å². The lowest BCUT2D eigenvalue weighted by Gasteiger charge is -2.41. The molecule has 4 N–H and O–H groups in total. The van der Waals surface area contributed by atoms with Gasteiger partial charge in [-0.1, -0.05) is 39.0 Å². The summed E-state index contributed by atoms with van der Waals surface area (Å²) in [5.74, 6) is -0.0103. The van der Waals surface area contributed by atoms with Crippen LogP contribution in [-0.2, 0) is 20.8 Å². The number of alkyl carbamates (subject to hydrolysis) is 1. The summed E-state index contributed by atoms with van der Waals surface area (Å²) in [4.78, 5) is 51.9. The molecular formula is C37H48N6O6. The van der Waals surface area contributed by atoms with Crippen molar-refractivity contribution in [3.8, 4) is 6.07 Å². The Bertz CT molecular complexity index is 1720. The number of nitrogens with one attached hydrogen (secondary N) is 2. The number of likely N-dealkylation sites (tertiary alicyclic amines) is 1. The van der Waals surface area contributed by atoms with Gasteiger partial charge in [-0.05, 0) is 80.8 Å². The number of nitrogens with two attached hydrogens (primary N) is 1. The molecule has 49 heavy (non-hydrogen) atoms. The van der Waals surface area contributed by atoms with Crippen molar-refractivity contribution in [1.82, 2.24) is 14.8 Å². The molecule has 0 spiro atoms. The molecule has 1 aromatic heterocycles. The third-order valence-corrected chi connectivity index (χ3v) is 8.74. The van der Waals surface area contributed by atoms with Crippen LogP contribution in [-0.4, -0.2) is 65.3 Å². The molecule has 4 amide bonds. The Morgan fingerprint density at radius 3 is 2.37 bits per heavy atom. The van der Waals surface area contributed by atoms with Gasteiger partial charge in [0, 0.05) is 49.6 Å². The largest absolute Gasteiger partial charge is 0.449 e. The number of carbonyl (C=O) groups excluding carboxylic acids is 4. The Kier molecular flexibility index (Phi) is 11.6. The zero-order valence-corrected chi connectivity index (χ0v) is 29.3. The molecule has 4 rings (SSSR count). The summed E-state index contributed by atoms with van der Waals surface area (Å²) in [6.07, 6.45) is 0.231. The lowest BCUT2D eigenvalue weighted by Crippen LogP contribution is -2.44. The van der Waals surface area contributed by atoms with Gasteiger partial charge in [-0.15, -0.1) is 0 Å². The summed E-state index contributed by atoms with van der Waals surface area (Å²) in [6, 6.07) is 16.8. The van der Waals surface area contributed by atoms with E-state index in [0.29, 0.717) is 36.6 Å². The summed E-state index contributed by atoms with van der Waals surface area (Å²) in [7, 11) is 0. The van der Waals surface area contributed by atoms with Crippen molar-refractivity contribution in [2.24, 2.45) is 23.0 Å². The second-order valence-corrected chi connectivity index (χ2v) is 14.7. The average Bonchev–Trinajstić information content (AvgIpc) is 3.36. The Morgan fingerprint density at radius 1 is 1.02 bits per heavy atom. The normalized spacial score (nSPS) is 14.5. The van der Waals surface area contributed by atoms with E-state index >= 15 is 0 Å². The molecule has 1 saturated heterocycles. The van der Waals surface area contributed by atoms with Crippen LogP contribution < -0.4 is 16.4 Å². The first-order chi connectivity index (χ1) is 23.0. The minimum atomic E-state index is -0.783. The van der Waals surface area contributed by atoms with Crippen LogP contribution >= 0.6 is 0 Å². The maximum atomic E-state index is 14.1. The van der Waals surface area contributed by atoms with Gasteiger partial charge in [0.25, 0.3) is 5.91 Å². The first kappa shape index (κ1) is 36.8. The van der Waals surface area contributed by atoms with Crippen LogP contribution in [0.2, 0.25) is 0 Å². The second-order valence-electron chi connectivity index (χ2n) is 14.7. The van der Waals surface area contributed by atoms with Crippen LogP contribution in [0, 0.1) is 28.6 Å². The van der Waals surface area contributed by atoms with Gasteiger partial charge in [0.15, 0.2) is 0 Å². The molecule has 12 nitrogen and oxygen atoms in total. The monoisotopic (exact) mass is 672 g/mol. The number of fused-ring (bicyclic) bond motifs is 1. The van der Waals surface area contributed by atoms with E-state index in [9.17, 15) is 24.4 Å². The number of nitriles is 1. The summed E-state index contributed by atoms with van der Waals surface area (Å²) >= 11 is 0. The number of primary amides is 1. The number of nitrogens with zero attached hydrogens (tertiary/aromatic N) is 3. The van der Waals surface area contributed by atoms with E-state index in [4.69, 9.17) is 15.2 Å². The van der Waals surface area contributed by atoms with Gasteiger partial charge in [-0.25, -0.2) is 9.59 Å². The first-order valence-corrected chi connectivity index (χ1v) is 16.6. The van der Waals surface area contributed by atoms with Crippen LogP contribution in [0.4, 0.5) is 15.3 Å². The molecule has 1 aliphatic rings. The predicted molar refractivity (Wildman–Crippen MR) is 187 cm³/mol. The fourth-order valence-electron chi connectivity index (χ4n) is 6.35. The van der Waals surface area contributed by atoms with Gasteiger partial charge in [-0.2, -0.15) is 5.26 Å². The van der Waals surface area contributed by atoms with Crippen molar-refractivity contribution in [1.29, 1.82) is 5.26 Å². The number of ether oxygens (including phenoxy) is 2. The SMILES string of the molecule is CC(C)(C)OC(=O)NCCC(=O)Nc1cccc(Cn2c(C(=O)N3CCC(C(COC(N)=O)C(C)(C)C)CC3)cc3ccc(C#N)cc32)c1. The van der Waals surface area contributed by atoms with Gasteiger partial charge in [0.05, 0.1) is 23.8 Å². The topological polar surface area (TPSA) is 169 Å². The number of anilines is 1. The molecule has 1 fully saturated rings. The smallest absolute Gasteiger partial charge is 0.407 e. The zero-order chi connectivity index (χ0) is 35.9. The van der Waals surface area contributed by atoms with Gasteiger partial charge in [0.2, 0.25) is 5.91 Å². The van der Waals surface area contributed by atoms with E-state index in [1.54, 1.807) is 39.0 Å². The summed E-state index contributed by atoms with van der Waals surface area (Å²) in [5, 5.41) is 15.9. The van der Waals surface area contributed by atoms with Crippen LogP contribution in [0.5, 0.6) is 0 Å². The Morgan fingerprint density at radius 2 is 1.73 bits per heavy atom. The molecule has 0 saturated carbocycles. The van der Waals surface area contributed by atoms with Gasteiger partial charge >= 0.3 is 12.2 Å². The molecule has 1 aliphatic heterocycles. The predicted octanol–water partition coefficient (Wildman–Crippen LogP) is 6.02. The molecule has 0 bridgehead atoms. The molecule has 2 heterocycles. The molecule has 3 aromatic rings. The lowest BCUT2D eigenvalue weighted by atomic mass is 9.70. The number of aromatic nitrogens is 1. The van der Waals surface area contributed by atoms with E-state index in [1.165, 1.54) is 0 Å². The molecule has 0 radical (unpaired) electrons. The van der Waals surface area contributed by atoms with E-state index in [1.807, 2.05) is 39.8 Å². The Hall–Kier alpha value is -5.05. The average molecular weight is 673 g/mol. The van der Waals surface area contributed by atoms with E-state index in [-0.39, 0.29) is 48.6 Å². The highest BCUT2D eigenvalue weighted by atomic mass is 16.6. The van der Waals surface area contributed by atoms with Crippen LogP contribution in [0.25, 0.3) is 10.9 Å². The maximum Gasteiger partial charge on any atom is 0.407 e. The maximum absolute atomic E-state index is 14.1. The summed E-state index contributed by atoms with van der Waals surface area (Å²) in [6.45, 7) is 13.5. The van der Waals surface area contributed by atoms with Crippen LogP contribution in [0.1, 0.15) is 82.4 Å². The zero-order valence-electron chi connectivity index (χ0n) is 29.3. The minimum Gasteiger partial charge on any atom is -0.449 e. The van der Waals surface area contributed by atoms with E-state index in [2.05, 4.69) is 37.5 Å². The standard InChI is InChI=1S/C37H48N6O6/c1-36(2,3)29(23-48-34(39)46)26-13-16-42(17-14-26)33(45)31-20-27-11-10-24(21-38)19-30(27)43(31)22-25-8-7-9-28(18-25)41-32(44)12-15-40-35(47)49-37(4,5)6/h7-11,18-20,26,29H,12-17,22-23H2,1-6H3,(H2,39,46)(H,40,47)(H,41,44). The molecular weight excluding hydrogens is 624 g/mol. The van der Waals surface area contributed by atoms with Crippen molar-refractivity contribution in [2.45, 2.75) is 73.0 Å². The third kappa shape index (κ3) is 10.2. The second kappa shape index (κ2) is 15.4. The van der Waals surface area contributed by atoms with Crippen LogP contribution in [0.15, 0.2) is 48.5 Å². The molecule has 2 aromatic carbocycles. The first-order valence-electron chi connectivity index (χ1n) is 16.6. The molecule has 12 heteroatoms. The number of benzene rings is 2. The Labute approximate surface area is 287 Å². The molecule has 1 atom stereocenters. The third-order valence-electron chi connectivity index (χ3n) is 8.74. The minimum absolute atomic E-state index is 0.0622. The van der Waals surface area contributed by atoms with Gasteiger partial charge in [0.1, 0.15) is 11.3 Å². The number of hydrogen-bond acceptors (Lipinski definition) is 7. The highest BCUT2D eigenvalue weighted by Gasteiger charge is 2.36. The van der Waals surface area contributed by atoms with Crippen molar-refractivity contribution in [3.63, 3.8) is 0 Å². The summed E-state index contributed by atoms with van der Waals surface area (Å²) < 4.78 is 12.3. The van der Waals surface area contributed by atoms with Crippen molar-refractivity contribution >= 4 is 40.6 Å². The number of amides is 4. The fraction of sp³-hybridized carbons (Fsp3) is 0.486. The summed E-state index contributed by atoms with van der Waals surface area (Å²) in [5.41, 5.74) is 7.71. The highest BCUT2D eigenvalue weighted by molar-refractivity contribution is 5.99. The van der Waals surface area contributed by atoms with Crippen molar-refractivity contribution < 1.29 is 28.7 Å². The van der Waals surface area contributed by atoms with Gasteiger partial charge in [-0.3, -0.25) is 9.59 Å². The molecule has 262 valence electrons. The molecule has 1 unspecified atom stereocenters. The molecule has 0 aliphatic carbocycles. The van der Waals surface area contributed by atoms with Crippen molar-refractivity contribution in [3.05, 3.63) is 65.4 Å². The highest BCUT2D eigenvalue weighted by Crippen LogP contribution is 2.38. The quantitative estimate of drug-likeness (QED) is 0.236. The Balaban J connectivity index is 1.49. The lowest BCUT2D eigenvalue weighted by molar-refractivity contribution is -0.116. The fourth-order valence-corrected chi connectivity index (χ4v) is 6.35.